The summed E-state index contributed by atoms with van der Waals surface area (Å²) >= 11 is 0. The van der Waals surface area contributed by atoms with Crippen molar-refractivity contribution >= 4 is 17.0 Å². The molecule has 1 rings (SSSR count). The van der Waals surface area contributed by atoms with Crippen molar-refractivity contribution in [3.63, 3.8) is 0 Å². The van der Waals surface area contributed by atoms with Gasteiger partial charge in [0, 0.05) is 5.56 Å². The van der Waals surface area contributed by atoms with Gasteiger partial charge in [-0.15, -0.1) is 0 Å². The average Bonchev–Trinajstić information content (AvgIpc) is 2.13. The van der Waals surface area contributed by atoms with E-state index in [1.54, 1.807) is 19.9 Å². The topological polar surface area (TPSA) is 43.1 Å². The second kappa shape index (κ2) is 3.85. The molecule has 1 aromatic rings. The first kappa shape index (κ1) is 11.4. The van der Waals surface area contributed by atoms with Crippen LogP contribution in [0.1, 0.15) is 35.3 Å². The van der Waals surface area contributed by atoms with Crippen LogP contribution >= 0.6 is 0 Å². The third-order valence-electron chi connectivity index (χ3n) is 2.39. The van der Waals surface area contributed by atoms with E-state index in [0.29, 0.717) is 16.7 Å². The smallest absolute Gasteiger partial charge is 0.161 e. The molecule has 3 heteroatoms. The number of nitrogens with two attached hydrogens (primary N) is 1. The molecule has 0 saturated heterocycles. The average molecular weight is 207 g/mol. The van der Waals surface area contributed by atoms with Gasteiger partial charge in [0.25, 0.3) is 0 Å². The molecule has 0 spiro atoms. The molecule has 15 heavy (non-hydrogen) atoms. The van der Waals surface area contributed by atoms with Gasteiger partial charge in [-0.1, -0.05) is 12.2 Å². The third-order valence-corrected chi connectivity index (χ3v) is 2.39. The number of allylic oxidation sites excluding steroid dienone is 1. The van der Waals surface area contributed by atoms with E-state index in [1.807, 2.05) is 0 Å². The van der Waals surface area contributed by atoms with E-state index in [-0.39, 0.29) is 17.0 Å². The van der Waals surface area contributed by atoms with Crippen molar-refractivity contribution in [1.82, 2.24) is 0 Å². The zero-order valence-electron chi connectivity index (χ0n) is 9.15. The van der Waals surface area contributed by atoms with Gasteiger partial charge in [-0.3, -0.25) is 4.79 Å². The summed E-state index contributed by atoms with van der Waals surface area (Å²) in [4.78, 5) is 11.2. The Bertz CT molecular complexity index is 411. The molecule has 2 nitrogen and oxygen atoms in total. The number of carbonyl (C=O) groups excluding carboxylic acids is 1. The molecule has 0 aliphatic carbocycles. The lowest BCUT2D eigenvalue weighted by Gasteiger charge is -2.11. The summed E-state index contributed by atoms with van der Waals surface area (Å²) in [5, 5.41) is 0. The van der Waals surface area contributed by atoms with Crippen LogP contribution in [0, 0.1) is 12.7 Å². The molecule has 0 aliphatic rings. The molecule has 0 amide bonds. The molecule has 0 bridgehead atoms. The summed E-state index contributed by atoms with van der Waals surface area (Å²) in [7, 11) is 0. The van der Waals surface area contributed by atoms with Gasteiger partial charge >= 0.3 is 0 Å². The maximum Gasteiger partial charge on any atom is 0.161 e. The predicted molar refractivity (Wildman–Crippen MR) is 60.3 cm³/mol. The highest BCUT2D eigenvalue weighted by Gasteiger charge is 2.15. The summed E-state index contributed by atoms with van der Waals surface area (Å²) in [6.45, 7) is 8.49. The molecule has 0 saturated carbocycles. The van der Waals surface area contributed by atoms with Gasteiger partial charge in [0.15, 0.2) is 5.78 Å². The van der Waals surface area contributed by atoms with Crippen molar-refractivity contribution in [2.75, 3.05) is 5.73 Å². The standard InChI is InChI=1S/C12H14FNO/c1-6(2)9-5-10(8(4)15)12(14)11(13)7(9)3/h5H,1,14H2,2-4H3. The second-order valence-corrected chi connectivity index (χ2v) is 3.66. The van der Waals surface area contributed by atoms with Crippen molar-refractivity contribution in [1.29, 1.82) is 0 Å². The number of hydrogen-bond donors (Lipinski definition) is 1. The Hall–Kier alpha value is -1.64. The van der Waals surface area contributed by atoms with Crippen molar-refractivity contribution in [3.05, 3.63) is 35.2 Å². The van der Waals surface area contributed by atoms with Crippen molar-refractivity contribution in [2.24, 2.45) is 0 Å². The summed E-state index contributed by atoms with van der Waals surface area (Å²) in [6, 6.07) is 1.60. The van der Waals surface area contributed by atoms with E-state index in [9.17, 15) is 9.18 Å². The Morgan fingerprint density at radius 3 is 2.33 bits per heavy atom. The highest BCUT2D eigenvalue weighted by atomic mass is 19.1. The normalized spacial score (nSPS) is 10.1. The van der Waals surface area contributed by atoms with Gasteiger partial charge in [0.05, 0.1) is 5.69 Å². The summed E-state index contributed by atoms with van der Waals surface area (Å²) in [5.41, 5.74) is 7.46. The van der Waals surface area contributed by atoms with Crippen LogP contribution in [0.3, 0.4) is 0 Å². The highest BCUT2D eigenvalue weighted by molar-refractivity contribution is 6.00. The van der Waals surface area contributed by atoms with E-state index < -0.39 is 5.82 Å². The largest absolute Gasteiger partial charge is 0.396 e. The number of anilines is 1. The lowest BCUT2D eigenvalue weighted by Crippen LogP contribution is -2.06. The minimum Gasteiger partial charge on any atom is -0.396 e. The zero-order valence-corrected chi connectivity index (χ0v) is 9.15. The Morgan fingerprint density at radius 1 is 1.40 bits per heavy atom. The number of hydrogen-bond acceptors (Lipinski definition) is 2. The van der Waals surface area contributed by atoms with Crippen LogP contribution in [0.15, 0.2) is 12.6 Å². The Labute approximate surface area is 88.6 Å². The van der Waals surface area contributed by atoms with E-state index in [1.165, 1.54) is 6.92 Å². The molecule has 0 atom stereocenters. The van der Waals surface area contributed by atoms with E-state index in [4.69, 9.17) is 5.73 Å². The number of carbonyl (C=O) groups is 1. The quantitative estimate of drug-likeness (QED) is 0.598. The molecule has 1 aromatic carbocycles. The number of ketones is 1. The molecule has 0 fully saturated rings. The van der Waals surface area contributed by atoms with Gasteiger partial charge in [-0.05, 0) is 38.0 Å². The summed E-state index contributed by atoms with van der Waals surface area (Å²) in [6.07, 6.45) is 0. The minimum absolute atomic E-state index is 0.0787. The lowest BCUT2D eigenvalue weighted by molar-refractivity contribution is 0.101. The van der Waals surface area contributed by atoms with Gasteiger partial charge in [0.2, 0.25) is 0 Å². The molecule has 80 valence electrons. The number of nitrogen functional groups attached to an aromatic ring is 1. The minimum atomic E-state index is -0.527. The van der Waals surface area contributed by atoms with Crippen LogP contribution in [0.4, 0.5) is 10.1 Å². The number of halogens is 1. The first-order valence-corrected chi connectivity index (χ1v) is 4.61. The molecule has 0 unspecified atom stereocenters. The summed E-state index contributed by atoms with van der Waals surface area (Å²) < 4.78 is 13.7. The molecule has 0 heterocycles. The van der Waals surface area contributed by atoms with Crippen LogP contribution in [-0.2, 0) is 0 Å². The molecule has 0 aromatic heterocycles. The molecule has 2 N–H and O–H groups in total. The molecular formula is C12H14FNO. The number of rotatable bonds is 2. The number of benzene rings is 1. The first-order valence-electron chi connectivity index (χ1n) is 4.61. The first-order chi connectivity index (χ1) is 6.86. The highest BCUT2D eigenvalue weighted by Crippen LogP contribution is 2.27. The Morgan fingerprint density at radius 2 is 1.93 bits per heavy atom. The number of Topliss-reactive ketones (excluding diaryl/α,β-unsaturated/α-hetero) is 1. The van der Waals surface area contributed by atoms with Crippen molar-refractivity contribution in [2.45, 2.75) is 20.8 Å². The van der Waals surface area contributed by atoms with E-state index in [0.717, 1.165) is 0 Å². The fraction of sp³-hybridized carbons (Fsp3) is 0.250. The summed E-state index contributed by atoms with van der Waals surface area (Å²) in [5.74, 6) is -0.769. The fourth-order valence-corrected chi connectivity index (χ4v) is 1.50. The van der Waals surface area contributed by atoms with Gasteiger partial charge in [-0.2, -0.15) is 0 Å². The fourth-order valence-electron chi connectivity index (χ4n) is 1.50. The van der Waals surface area contributed by atoms with Crippen molar-refractivity contribution in [3.8, 4) is 0 Å². The van der Waals surface area contributed by atoms with Gasteiger partial charge in [0.1, 0.15) is 5.82 Å². The maximum absolute atomic E-state index is 13.7. The lowest BCUT2D eigenvalue weighted by atomic mass is 9.96. The Balaban J connectivity index is 3.59. The molecular weight excluding hydrogens is 193 g/mol. The van der Waals surface area contributed by atoms with Crippen molar-refractivity contribution < 1.29 is 9.18 Å². The van der Waals surface area contributed by atoms with Crippen LogP contribution in [0.25, 0.3) is 5.57 Å². The third kappa shape index (κ3) is 1.91. The van der Waals surface area contributed by atoms with Gasteiger partial charge < -0.3 is 5.73 Å². The van der Waals surface area contributed by atoms with Crippen LogP contribution in [-0.4, -0.2) is 5.78 Å². The van der Waals surface area contributed by atoms with Crippen LogP contribution < -0.4 is 5.73 Å². The van der Waals surface area contributed by atoms with Crippen LogP contribution in [0.2, 0.25) is 0 Å². The van der Waals surface area contributed by atoms with Crippen LogP contribution in [0.5, 0.6) is 0 Å². The Kier molecular flexibility index (Phi) is 2.93. The molecule has 0 radical (unpaired) electrons. The monoisotopic (exact) mass is 207 g/mol. The van der Waals surface area contributed by atoms with E-state index >= 15 is 0 Å². The van der Waals surface area contributed by atoms with Gasteiger partial charge in [-0.25, -0.2) is 4.39 Å². The maximum atomic E-state index is 13.7. The molecule has 0 aliphatic heterocycles. The van der Waals surface area contributed by atoms with E-state index in [2.05, 4.69) is 6.58 Å². The predicted octanol–water partition coefficient (Wildman–Crippen LogP) is 2.95. The SMILES string of the molecule is C=C(C)c1cc(C(C)=O)c(N)c(F)c1C. The zero-order chi connectivity index (χ0) is 11.7. The second-order valence-electron chi connectivity index (χ2n) is 3.66.